The van der Waals surface area contributed by atoms with E-state index < -0.39 is 0 Å². The minimum atomic E-state index is 0.505. The number of hydrogen-bond donors (Lipinski definition) is 0. The van der Waals surface area contributed by atoms with Crippen LogP contribution >= 0.6 is 0 Å². The molecule has 0 aromatic heterocycles. The van der Waals surface area contributed by atoms with E-state index in [1.807, 2.05) is 0 Å². The predicted octanol–water partition coefficient (Wildman–Crippen LogP) is 5.09. The minimum Gasteiger partial charge on any atom is -0.372 e. The Hall–Kier alpha value is -3.12. The van der Waals surface area contributed by atoms with Crippen molar-refractivity contribution in [1.82, 2.24) is 0 Å². The first-order chi connectivity index (χ1) is 13.3. The number of nitrogens with zero attached hydrogens (tertiary/aromatic N) is 3. The van der Waals surface area contributed by atoms with Crippen LogP contribution in [0.1, 0.15) is 31.4 Å². The SMILES string of the molecule is CCN(CC)c1ccc(C2=[N+](CCC#N)c3cccc4cccc2c34)cc1. The Morgan fingerprint density at radius 3 is 2.30 bits per heavy atom. The predicted molar refractivity (Wildman–Crippen MR) is 112 cm³/mol. The van der Waals surface area contributed by atoms with E-state index in [1.54, 1.807) is 0 Å². The van der Waals surface area contributed by atoms with Gasteiger partial charge in [0.15, 0.2) is 6.54 Å². The van der Waals surface area contributed by atoms with Crippen LogP contribution in [0.5, 0.6) is 0 Å². The first-order valence-corrected chi connectivity index (χ1v) is 9.67. The molecule has 0 spiro atoms. The Morgan fingerprint density at radius 2 is 1.63 bits per heavy atom. The summed E-state index contributed by atoms with van der Waals surface area (Å²) in [6, 6.07) is 24.1. The Kier molecular flexibility index (Phi) is 4.64. The molecule has 3 heteroatoms. The lowest BCUT2D eigenvalue weighted by Gasteiger charge is -2.21. The largest absolute Gasteiger partial charge is 0.372 e. The monoisotopic (exact) mass is 354 g/mol. The van der Waals surface area contributed by atoms with Gasteiger partial charge in [-0.2, -0.15) is 9.84 Å². The fourth-order valence-corrected chi connectivity index (χ4v) is 4.13. The van der Waals surface area contributed by atoms with Gasteiger partial charge in [-0.3, -0.25) is 0 Å². The van der Waals surface area contributed by atoms with Gasteiger partial charge in [-0.25, -0.2) is 0 Å². The molecule has 0 radical (unpaired) electrons. The number of benzene rings is 3. The van der Waals surface area contributed by atoms with E-state index in [0.717, 1.165) is 13.1 Å². The molecule has 0 amide bonds. The van der Waals surface area contributed by atoms with Gasteiger partial charge in [0, 0.05) is 30.4 Å². The fraction of sp³-hybridized carbons (Fsp3) is 0.250. The van der Waals surface area contributed by atoms with Gasteiger partial charge >= 0.3 is 0 Å². The summed E-state index contributed by atoms with van der Waals surface area (Å²) in [5, 5.41) is 11.7. The van der Waals surface area contributed by atoms with E-state index in [9.17, 15) is 0 Å². The third-order valence-electron chi connectivity index (χ3n) is 5.42. The lowest BCUT2D eigenvalue weighted by molar-refractivity contribution is -0.434. The van der Waals surface area contributed by atoms with Gasteiger partial charge in [-0.1, -0.05) is 24.3 Å². The highest BCUT2D eigenvalue weighted by atomic mass is 15.1. The van der Waals surface area contributed by atoms with Crippen molar-refractivity contribution in [3.05, 3.63) is 71.8 Å². The molecule has 0 unspecified atom stereocenters. The molecular formula is C24H24N3+. The van der Waals surface area contributed by atoms with E-state index in [-0.39, 0.29) is 0 Å². The van der Waals surface area contributed by atoms with Crippen LogP contribution in [0.3, 0.4) is 0 Å². The van der Waals surface area contributed by atoms with Crippen molar-refractivity contribution < 1.29 is 4.58 Å². The van der Waals surface area contributed by atoms with Gasteiger partial charge in [-0.05, 0) is 49.6 Å². The summed E-state index contributed by atoms with van der Waals surface area (Å²) in [5.74, 6) is 0. The van der Waals surface area contributed by atoms with Crippen molar-refractivity contribution in [2.45, 2.75) is 20.3 Å². The summed E-state index contributed by atoms with van der Waals surface area (Å²) < 4.78 is 2.31. The second-order valence-electron chi connectivity index (χ2n) is 6.81. The maximum Gasteiger partial charge on any atom is 0.221 e. The summed E-state index contributed by atoms with van der Waals surface area (Å²) in [6.07, 6.45) is 0.505. The maximum atomic E-state index is 9.15. The molecule has 1 aliphatic heterocycles. The number of nitriles is 1. The number of rotatable bonds is 6. The average molecular weight is 354 g/mol. The molecule has 0 saturated carbocycles. The number of anilines is 1. The standard InChI is InChI=1S/C24H24N3/c1-3-26(4-2)20-14-12-19(13-15-20)24-21-10-5-8-18-9-6-11-22(23(18)21)27(24)17-7-16-25/h5-6,8-15H,3-4,7,17H2,1-2H3/q+1. The van der Waals surface area contributed by atoms with Crippen molar-refractivity contribution in [2.24, 2.45) is 0 Å². The highest BCUT2D eigenvalue weighted by Crippen LogP contribution is 2.37. The van der Waals surface area contributed by atoms with Crippen molar-refractivity contribution in [3.8, 4) is 6.07 Å². The Bertz CT molecular complexity index is 1050. The highest BCUT2D eigenvalue weighted by Gasteiger charge is 2.32. The van der Waals surface area contributed by atoms with E-state index in [0.29, 0.717) is 13.0 Å². The van der Waals surface area contributed by atoms with Crippen molar-refractivity contribution in [1.29, 1.82) is 5.26 Å². The summed E-state index contributed by atoms with van der Waals surface area (Å²) in [7, 11) is 0. The van der Waals surface area contributed by atoms with Gasteiger partial charge in [0.2, 0.25) is 11.4 Å². The fourth-order valence-electron chi connectivity index (χ4n) is 4.13. The lowest BCUT2D eigenvalue weighted by Crippen LogP contribution is -2.22. The Morgan fingerprint density at radius 1 is 0.926 bits per heavy atom. The van der Waals surface area contributed by atoms with Crippen LogP contribution in [-0.2, 0) is 0 Å². The molecule has 0 bridgehead atoms. The zero-order chi connectivity index (χ0) is 18.8. The molecule has 0 N–H and O–H groups in total. The Balaban J connectivity index is 1.86. The van der Waals surface area contributed by atoms with Crippen LogP contribution in [0.25, 0.3) is 10.8 Å². The molecule has 0 aliphatic carbocycles. The third kappa shape index (κ3) is 2.88. The van der Waals surface area contributed by atoms with Gasteiger partial charge in [0.25, 0.3) is 0 Å². The summed E-state index contributed by atoms with van der Waals surface area (Å²) >= 11 is 0. The zero-order valence-corrected chi connectivity index (χ0v) is 15.9. The zero-order valence-electron chi connectivity index (χ0n) is 15.9. The second kappa shape index (κ2) is 7.25. The first kappa shape index (κ1) is 17.3. The highest BCUT2D eigenvalue weighted by molar-refractivity contribution is 6.22. The average Bonchev–Trinajstić information content (AvgIpc) is 3.03. The van der Waals surface area contributed by atoms with Gasteiger partial charge in [0.1, 0.15) is 0 Å². The molecule has 134 valence electrons. The molecule has 27 heavy (non-hydrogen) atoms. The first-order valence-electron chi connectivity index (χ1n) is 9.67. The molecule has 4 rings (SSSR count). The summed E-state index contributed by atoms with van der Waals surface area (Å²) in [5.41, 5.74) is 6.13. The normalized spacial score (nSPS) is 12.5. The van der Waals surface area contributed by atoms with Gasteiger partial charge in [0.05, 0.1) is 23.4 Å². The molecule has 0 saturated heterocycles. The van der Waals surface area contributed by atoms with E-state index in [1.165, 1.54) is 39.0 Å². The van der Waals surface area contributed by atoms with Crippen molar-refractivity contribution >= 4 is 27.9 Å². The molecule has 0 fully saturated rings. The van der Waals surface area contributed by atoms with Crippen LogP contribution in [0.15, 0.2) is 60.7 Å². The quantitative estimate of drug-likeness (QED) is 0.577. The van der Waals surface area contributed by atoms with Crippen LogP contribution in [0.4, 0.5) is 11.4 Å². The molecule has 3 aromatic rings. The third-order valence-corrected chi connectivity index (χ3v) is 5.42. The lowest BCUT2D eigenvalue weighted by atomic mass is 9.98. The van der Waals surface area contributed by atoms with Gasteiger partial charge < -0.3 is 4.90 Å². The molecule has 3 aromatic carbocycles. The molecular weight excluding hydrogens is 330 g/mol. The van der Waals surface area contributed by atoms with E-state index in [2.05, 4.69) is 90.1 Å². The topological polar surface area (TPSA) is 30.0 Å². The van der Waals surface area contributed by atoms with Crippen LogP contribution in [-0.4, -0.2) is 29.9 Å². The maximum absolute atomic E-state index is 9.15. The molecule has 3 nitrogen and oxygen atoms in total. The Labute approximate surface area is 160 Å². The summed E-state index contributed by atoms with van der Waals surface area (Å²) in [4.78, 5) is 2.35. The number of hydrogen-bond acceptors (Lipinski definition) is 2. The van der Waals surface area contributed by atoms with Crippen LogP contribution in [0, 0.1) is 11.3 Å². The van der Waals surface area contributed by atoms with Gasteiger partial charge in [-0.15, -0.1) is 0 Å². The smallest absolute Gasteiger partial charge is 0.221 e. The molecule has 1 heterocycles. The van der Waals surface area contributed by atoms with Crippen molar-refractivity contribution in [2.75, 3.05) is 24.5 Å². The van der Waals surface area contributed by atoms with Crippen LogP contribution < -0.4 is 4.90 Å². The van der Waals surface area contributed by atoms with Crippen LogP contribution in [0.2, 0.25) is 0 Å². The van der Waals surface area contributed by atoms with E-state index >= 15 is 0 Å². The molecule has 0 atom stereocenters. The minimum absolute atomic E-state index is 0.505. The van der Waals surface area contributed by atoms with E-state index in [4.69, 9.17) is 5.26 Å². The van der Waals surface area contributed by atoms with Crippen molar-refractivity contribution in [3.63, 3.8) is 0 Å². The summed E-state index contributed by atoms with van der Waals surface area (Å²) in [6.45, 7) is 7.09. The second-order valence-corrected chi connectivity index (χ2v) is 6.81. The molecule has 1 aliphatic rings.